The van der Waals surface area contributed by atoms with E-state index in [-0.39, 0.29) is 5.41 Å². The fraction of sp³-hybridized carbons (Fsp3) is 0.476. The lowest BCUT2D eigenvalue weighted by molar-refractivity contribution is -0.0682. The van der Waals surface area contributed by atoms with E-state index in [0.717, 1.165) is 67.1 Å². The van der Waals surface area contributed by atoms with Crippen LogP contribution in [0.2, 0.25) is 0 Å². The van der Waals surface area contributed by atoms with Gasteiger partial charge in [-0.05, 0) is 76.6 Å². The molecule has 0 amide bonds. The minimum Gasteiger partial charge on any atom is -0.451 e. The Morgan fingerprint density at radius 3 is 2.41 bits per heavy atom. The van der Waals surface area contributed by atoms with Gasteiger partial charge in [0, 0.05) is 17.3 Å². The van der Waals surface area contributed by atoms with Crippen LogP contribution in [0.15, 0.2) is 30.5 Å². The summed E-state index contributed by atoms with van der Waals surface area (Å²) < 4.78 is 8.22. The van der Waals surface area contributed by atoms with Crippen LogP contribution in [-0.2, 0) is 5.41 Å². The maximum atomic E-state index is 10.5. The Balaban J connectivity index is 1.54. The third-order valence-electron chi connectivity index (χ3n) is 6.48. The lowest BCUT2D eigenvalue weighted by atomic mass is 9.58. The van der Waals surface area contributed by atoms with Crippen LogP contribution >= 0.6 is 0 Å². The van der Waals surface area contributed by atoms with Crippen LogP contribution in [-0.4, -0.2) is 30.3 Å². The average molecular weight is 364 g/mol. The fourth-order valence-corrected chi connectivity index (χ4v) is 4.73. The maximum absolute atomic E-state index is 10.5. The topological polar surface area (TPSA) is 72.5 Å². The van der Waals surface area contributed by atoms with E-state index in [4.69, 9.17) is 4.74 Å². The lowest BCUT2D eigenvalue weighted by Crippen LogP contribution is -2.48. The summed E-state index contributed by atoms with van der Waals surface area (Å²) in [4.78, 5) is 4.47. The minimum atomic E-state index is -0.452. The molecule has 3 heterocycles. The van der Waals surface area contributed by atoms with E-state index >= 15 is 0 Å². The molecule has 0 unspecified atom stereocenters. The Kier molecular flexibility index (Phi) is 3.56. The van der Waals surface area contributed by atoms with Crippen molar-refractivity contribution in [2.75, 3.05) is 0 Å². The highest BCUT2D eigenvalue weighted by atomic mass is 16.5. The van der Waals surface area contributed by atoms with Gasteiger partial charge in [-0.2, -0.15) is 0 Å². The minimum absolute atomic E-state index is 0.0177. The number of ether oxygens (including phenoxy) is 1. The predicted molar refractivity (Wildman–Crippen MR) is 101 cm³/mol. The normalized spacial score (nSPS) is 27.2. The molecule has 2 bridgehead atoms. The zero-order chi connectivity index (χ0) is 18.6. The SMILES string of the molecule is Cc1ccc(Oc2cccn3c(C45CCC(O)(CC4)CC5)nnc23)c(C)n1. The number of fused-ring (bicyclic) bond motifs is 4. The van der Waals surface area contributed by atoms with Crippen molar-refractivity contribution in [2.24, 2.45) is 0 Å². The van der Waals surface area contributed by atoms with E-state index in [1.807, 2.05) is 44.3 Å². The second kappa shape index (κ2) is 5.76. The van der Waals surface area contributed by atoms with Gasteiger partial charge in [-0.1, -0.05) is 0 Å². The second-order valence-corrected chi connectivity index (χ2v) is 8.23. The molecular formula is C21H24N4O2. The molecule has 3 saturated carbocycles. The molecule has 6 nitrogen and oxygen atoms in total. The van der Waals surface area contributed by atoms with Crippen molar-refractivity contribution >= 4 is 5.65 Å². The first-order chi connectivity index (χ1) is 13.0. The van der Waals surface area contributed by atoms with Gasteiger partial charge in [0.2, 0.25) is 5.65 Å². The highest BCUT2D eigenvalue weighted by molar-refractivity contribution is 5.55. The van der Waals surface area contributed by atoms with Crippen molar-refractivity contribution in [1.82, 2.24) is 19.6 Å². The monoisotopic (exact) mass is 364 g/mol. The first-order valence-electron chi connectivity index (χ1n) is 9.67. The quantitative estimate of drug-likeness (QED) is 0.764. The van der Waals surface area contributed by atoms with Crippen LogP contribution in [0.25, 0.3) is 5.65 Å². The largest absolute Gasteiger partial charge is 0.451 e. The lowest BCUT2D eigenvalue weighted by Gasteiger charge is -2.49. The van der Waals surface area contributed by atoms with Crippen molar-refractivity contribution < 1.29 is 9.84 Å². The number of hydrogen-bond acceptors (Lipinski definition) is 5. The van der Waals surface area contributed by atoms with Gasteiger partial charge in [0.1, 0.15) is 11.6 Å². The second-order valence-electron chi connectivity index (χ2n) is 8.23. The number of aromatic nitrogens is 4. The molecular weight excluding hydrogens is 340 g/mol. The van der Waals surface area contributed by atoms with E-state index in [0.29, 0.717) is 5.75 Å². The van der Waals surface area contributed by atoms with Crippen molar-refractivity contribution in [1.29, 1.82) is 0 Å². The molecule has 140 valence electrons. The van der Waals surface area contributed by atoms with Crippen LogP contribution in [0.5, 0.6) is 11.5 Å². The van der Waals surface area contributed by atoms with Crippen molar-refractivity contribution in [3.05, 3.63) is 47.7 Å². The first-order valence-corrected chi connectivity index (χ1v) is 9.67. The molecule has 0 spiro atoms. The van der Waals surface area contributed by atoms with Crippen LogP contribution in [0, 0.1) is 13.8 Å². The molecule has 0 aliphatic heterocycles. The van der Waals surface area contributed by atoms with Gasteiger partial charge >= 0.3 is 0 Å². The summed E-state index contributed by atoms with van der Waals surface area (Å²) in [5, 5.41) is 19.6. The van der Waals surface area contributed by atoms with Crippen molar-refractivity contribution in [3.8, 4) is 11.5 Å². The summed E-state index contributed by atoms with van der Waals surface area (Å²) in [7, 11) is 0. The van der Waals surface area contributed by atoms with E-state index < -0.39 is 5.60 Å². The number of hydrogen-bond donors (Lipinski definition) is 1. The Hall–Kier alpha value is -2.47. The molecule has 1 N–H and O–H groups in total. The smallest absolute Gasteiger partial charge is 0.203 e. The molecule has 0 saturated heterocycles. The summed E-state index contributed by atoms with van der Waals surface area (Å²) in [6, 6.07) is 7.79. The molecule has 3 aromatic heterocycles. The number of nitrogens with zero attached hydrogens (tertiary/aromatic N) is 4. The number of pyridine rings is 2. The third-order valence-corrected chi connectivity index (χ3v) is 6.48. The van der Waals surface area contributed by atoms with Crippen LogP contribution < -0.4 is 4.74 Å². The maximum Gasteiger partial charge on any atom is 0.203 e. The molecule has 0 radical (unpaired) electrons. The van der Waals surface area contributed by atoms with Gasteiger partial charge in [0.15, 0.2) is 5.75 Å². The highest BCUT2D eigenvalue weighted by Crippen LogP contribution is 2.53. The standard InChI is InChI=1S/C21H24N4O2/c1-14-5-6-16(15(2)22-14)27-17-4-3-13-25-18(17)23-24-19(25)20-7-10-21(26,11-8-20)12-9-20/h3-6,13,26H,7-12H2,1-2H3. The summed E-state index contributed by atoms with van der Waals surface area (Å²) in [6.07, 6.45) is 7.48. The molecule has 0 atom stereocenters. The zero-order valence-electron chi connectivity index (χ0n) is 15.8. The molecule has 6 heteroatoms. The van der Waals surface area contributed by atoms with Crippen LogP contribution in [0.1, 0.15) is 55.7 Å². The summed E-state index contributed by atoms with van der Waals surface area (Å²) in [5.41, 5.74) is 2.12. The molecule has 3 aromatic rings. The molecule has 3 fully saturated rings. The van der Waals surface area contributed by atoms with E-state index in [1.165, 1.54) is 0 Å². The number of rotatable bonds is 3. The van der Waals surface area contributed by atoms with E-state index in [9.17, 15) is 5.11 Å². The van der Waals surface area contributed by atoms with E-state index in [2.05, 4.69) is 19.6 Å². The van der Waals surface area contributed by atoms with Gasteiger partial charge < -0.3 is 9.84 Å². The van der Waals surface area contributed by atoms with Gasteiger partial charge in [-0.3, -0.25) is 9.38 Å². The molecule has 27 heavy (non-hydrogen) atoms. The Morgan fingerprint density at radius 2 is 1.70 bits per heavy atom. The Labute approximate surface area is 158 Å². The van der Waals surface area contributed by atoms with Gasteiger partial charge in [0.05, 0.1) is 11.3 Å². The third kappa shape index (κ3) is 2.62. The van der Waals surface area contributed by atoms with Gasteiger partial charge in [0.25, 0.3) is 0 Å². The fourth-order valence-electron chi connectivity index (χ4n) is 4.73. The Bertz CT molecular complexity index is 1000. The molecule has 3 aliphatic rings. The van der Waals surface area contributed by atoms with Crippen molar-refractivity contribution in [3.63, 3.8) is 0 Å². The van der Waals surface area contributed by atoms with Crippen molar-refractivity contribution in [2.45, 2.75) is 63.4 Å². The zero-order valence-corrected chi connectivity index (χ0v) is 15.8. The van der Waals surface area contributed by atoms with Crippen LogP contribution in [0.3, 0.4) is 0 Å². The van der Waals surface area contributed by atoms with Gasteiger partial charge in [-0.15, -0.1) is 10.2 Å². The first kappa shape index (κ1) is 16.7. The highest BCUT2D eigenvalue weighted by Gasteiger charge is 2.50. The number of aryl methyl sites for hydroxylation is 2. The van der Waals surface area contributed by atoms with Gasteiger partial charge in [-0.25, -0.2) is 0 Å². The average Bonchev–Trinajstić information content (AvgIpc) is 3.11. The summed E-state index contributed by atoms with van der Waals surface area (Å²) in [6.45, 7) is 3.92. The predicted octanol–water partition coefficient (Wildman–Crippen LogP) is 3.87. The summed E-state index contributed by atoms with van der Waals surface area (Å²) >= 11 is 0. The molecule has 3 aliphatic carbocycles. The molecule has 6 rings (SSSR count). The van der Waals surface area contributed by atoms with E-state index in [1.54, 1.807) is 0 Å². The summed E-state index contributed by atoms with van der Waals surface area (Å²) in [5.74, 6) is 2.42. The molecule has 0 aromatic carbocycles. The Morgan fingerprint density at radius 1 is 0.963 bits per heavy atom. The number of aliphatic hydroxyl groups is 1. The van der Waals surface area contributed by atoms with Crippen LogP contribution in [0.4, 0.5) is 0 Å².